The predicted octanol–water partition coefficient (Wildman–Crippen LogP) is 4.00. The van der Waals surface area contributed by atoms with Gasteiger partial charge < -0.3 is 4.74 Å². The number of aryl methyl sites for hydroxylation is 1. The Morgan fingerprint density at radius 1 is 1.10 bits per heavy atom. The van der Waals surface area contributed by atoms with Crippen molar-refractivity contribution in [2.45, 2.75) is 25.2 Å². The first-order chi connectivity index (χ1) is 10.2. The van der Waals surface area contributed by atoms with Crippen molar-refractivity contribution in [1.29, 1.82) is 0 Å². The molecule has 0 heterocycles. The van der Waals surface area contributed by atoms with Crippen LogP contribution in [0.25, 0.3) is 0 Å². The topological polar surface area (TPSA) is 26.3 Å². The minimum absolute atomic E-state index is 0.136. The van der Waals surface area contributed by atoms with Gasteiger partial charge in [0.25, 0.3) is 0 Å². The molecule has 2 nitrogen and oxygen atoms in total. The van der Waals surface area contributed by atoms with E-state index >= 15 is 0 Å². The highest BCUT2D eigenvalue weighted by atomic mass is 16.5. The van der Waals surface area contributed by atoms with E-state index < -0.39 is 0 Å². The number of ketones is 1. The summed E-state index contributed by atoms with van der Waals surface area (Å²) in [5.41, 5.74) is 3.29. The third kappa shape index (κ3) is 1.82. The molecule has 4 rings (SSSR count). The van der Waals surface area contributed by atoms with Crippen molar-refractivity contribution >= 4 is 5.78 Å². The Balaban J connectivity index is 1.64. The maximum atomic E-state index is 12.9. The van der Waals surface area contributed by atoms with Crippen molar-refractivity contribution in [3.63, 3.8) is 0 Å². The molecule has 21 heavy (non-hydrogen) atoms. The minimum Gasteiger partial charge on any atom is -0.497 e. The van der Waals surface area contributed by atoms with Gasteiger partial charge in [0.05, 0.1) is 7.11 Å². The van der Waals surface area contributed by atoms with Crippen LogP contribution in [-0.4, -0.2) is 12.9 Å². The lowest BCUT2D eigenvalue weighted by atomic mass is 9.78. The molecule has 2 heteroatoms. The lowest BCUT2D eigenvalue weighted by Crippen LogP contribution is -2.25. The van der Waals surface area contributed by atoms with Gasteiger partial charge in [-0.1, -0.05) is 36.4 Å². The van der Waals surface area contributed by atoms with E-state index in [1.807, 2.05) is 30.3 Å². The summed E-state index contributed by atoms with van der Waals surface area (Å²) in [6.07, 6.45) is 3.00. The molecule has 0 aliphatic heterocycles. The largest absolute Gasteiger partial charge is 0.497 e. The first-order valence-corrected chi connectivity index (χ1v) is 7.51. The Bertz CT molecular complexity index is 702. The third-order valence-electron chi connectivity index (χ3n) is 5.15. The van der Waals surface area contributed by atoms with Gasteiger partial charge in [0.1, 0.15) is 5.75 Å². The average molecular weight is 278 g/mol. The van der Waals surface area contributed by atoms with Crippen LogP contribution in [0.15, 0.2) is 48.5 Å². The van der Waals surface area contributed by atoms with Gasteiger partial charge in [-0.15, -0.1) is 0 Å². The van der Waals surface area contributed by atoms with Crippen molar-refractivity contribution in [3.05, 3.63) is 65.2 Å². The SMILES string of the molecule is COc1ccc([C@H]2C[C@@]23CCc2ccccc2C3=O)cc1. The second kappa shape index (κ2) is 4.45. The second-order valence-corrected chi connectivity index (χ2v) is 6.17. The number of carbonyl (C=O) groups is 1. The fraction of sp³-hybridized carbons (Fsp3) is 0.316. The molecule has 106 valence electrons. The standard InChI is InChI=1S/C19H18O2/c1-21-15-8-6-14(7-9-15)17-12-19(17)11-10-13-4-2-3-5-16(13)18(19)20/h2-9,17H,10-12H2,1H3/t17-,19+/m1/s1. The van der Waals surface area contributed by atoms with Gasteiger partial charge in [-0.25, -0.2) is 0 Å². The monoisotopic (exact) mass is 278 g/mol. The molecule has 0 amide bonds. The van der Waals surface area contributed by atoms with Gasteiger partial charge in [-0.2, -0.15) is 0 Å². The number of benzene rings is 2. The molecule has 2 aliphatic carbocycles. The van der Waals surface area contributed by atoms with Crippen molar-refractivity contribution < 1.29 is 9.53 Å². The van der Waals surface area contributed by atoms with E-state index in [2.05, 4.69) is 18.2 Å². The Kier molecular flexibility index (Phi) is 2.68. The summed E-state index contributed by atoms with van der Waals surface area (Å²) in [6.45, 7) is 0. The van der Waals surface area contributed by atoms with E-state index in [9.17, 15) is 4.79 Å². The highest BCUT2D eigenvalue weighted by Crippen LogP contribution is 2.65. The smallest absolute Gasteiger partial charge is 0.169 e. The molecule has 0 unspecified atom stereocenters. The highest BCUT2D eigenvalue weighted by molar-refractivity contribution is 6.05. The summed E-state index contributed by atoms with van der Waals surface area (Å²) in [6, 6.07) is 16.3. The fourth-order valence-corrected chi connectivity index (χ4v) is 3.80. The molecule has 2 aromatic carbocycles. The van der Waals surface area contributed by atoms with Crippen molar-refractivity contribution in [1.82, 2.24) is 0 Å². The van der Waals surface area contributed by atoms with Crippen molar-refractivity contribution in [2.24, 2.45) is 5.41 Å². The summed E-state index contributed by atoms with van der Waals surface area (Å²) in [5.74, 6) is 1.60. The van der Waals surface area contributed by atoms with Gasteiger partial charge in [0.2, 0.25) is 0 Å². The summed E-state index contributed by atoms with van der Waals surface area (Å²) in [4.78, 5) is 12.9. The summed E-state index contributed by atoms with van der Waals surface area (Å²) in [5, 5.41) is 0. The molecule has 0 N–H and O–H groups in total. The maximum Gasteiger partial charge on any atom is 0.169 e. The average Bonchev–Trinajstić information content (AvgIpc) is 3.27. The molecule has 1 saturated carbocycles. The van der Waals surface area contributed by atoms with Gasteiger partial charge >= 0.3 is 0 Å². The Morgan fingerprint density at radius 3 is 2.62 bits per heavy atom. The van der Waals surface area contributed by atoms with Gasteiger partial charge in [-0.05, 0) is 48.4 Å². The van der Waals surface area contributed by atoms with E-state index in [-0.39, 0.29) is 5.41 Å². The summed E-state index contributed by atoms with van der Waals surface area (Å²) in [7, 11) is 1.68. The lowest BCUT2D eigenvalue weighted by Gasteiger charge is -2.24. The molecule has 0 bridgehead atoms. The number of hydrogen-bond donors (Lipinski definition) is 0. The molecule has 0 saturated heterocycles. The number of hydrogen-bond acceptors (Lipinski definition) is 2. The molecule has 0 radical (unpaired) electrons. The maximum absolute atomic E-state index is 12.9. The molecular weight excluding hydrogens is 260 g/mol. The number of carbonyl (C=O) groups excluding carboxylic acids is 1. The predicted molar refractivity (Wildman–Crippen MR) is 81.9 cm³/mol. The van der Waals surface area contributed by atoms with Crippen LogP contribution in [0.1, 0.15) is 40.2 Å². The number of ether oxygens (including phenoxy) is 1. The van der Waals surface area contributed by atoms with Crippen LogP contribution in [0, 0.1) is 5.41 Å². The zero-order valence-corrected chi connectivity index (χ0v) is 12.1. The van der Waals surface area contributed by atoms with Crippen molar-refractivity contribution in [2.75, 3.05) is 7.11 Å². The molecule has 1 spiro atoms. The summed E-state index contributed by atoms with van der Waals surface area (Å²) < 4.78 is 5.21. The normalized spacial score (nSPS) is 26.5. The van der Waals surface area contributed by atoms with Gasteiger partial charge in [-0.3, -0.25) is 4.79 Å². The minimum atomic E-state index is -0.136. The molecule has 0 aromatic heterocycles. The fourth-order valence-electron chi connectivity index (χ4n) is 3.80. The first kappa shape index (κ1) is 12.6. The third-order valence-corrected chi connectivity index (χ3v) is 5.15. The Labute approximate surface area is 124 Å². The van der Waals surface area contributed by atoms with Crippen molar-refractivity contribution in [3.8, 4) is 5.75 Å². The first-order valence-electron chi connectivity index (χ1n) is 7.51. The van der Waals surface area contributed by atoms with Crippen LogP contribution in [0.4, 0.5) is 0 Å². The van der Waals surface area contributed by atoms with Crippen LogP contribution in [0.5, 0.6) is 5.75 Å². The van der Waals surface area contributed by atoms with E-state index in [0.29, 0.717) is 11.7 Å². The zero-order valence-electron chi connectivity index (χ0n) is 12.1. The number of Topliss-reactive ketones (excluding diaryl/α,β-unsaturated/α-hetero) is 1. The quantitative estimate of drug-likeness (QED) is 0.830. The van der Waals surface area contributed by atoms with Crippen LogP contribution >= 0.6 is 0 Å². The molecule has 2 aliphatic rings. The highest BCUT2D eigenvalue weighted by Gasteiger charge is 2.61. The summed E-state index contributed by atoms with van der Waals surface area (Å²) >= 11 is 0. The molecule has 2 atom stereocenters. The van der Waals surface area contributed by atoms with E-state index in [0.717, 1.165) is 30.6 Å². The number of fused-ring (bicyclic) bond motifs is 1. The lowest BCUT2D eigenvalue weighted by molar-refractivity contribution is 0.0874. The van der Waals surface area contributed by atoms with Crippen LogP contribution < -0.4 is 4.74 Å². The van der Waals surface area contributed by atoms with E-state index in [1.54, 1.807) is 7.11 Å². The van der Waals surface area contributed by atoms with Crippen LogP contribution in [0.2, 0.25) is 0 Å². The van der Waals surface area contributed by atoms with Crippen LogP contribution in [0.3, 0.4) is 0 Å². The van der Waals surface area contributed by atoms with E-state index in [1.165, 1.54) is 11.1 Å². The van der Waals surface area contributed by atoms with Gasteiger partial charge in [0.15, 0.2) is 5.78 Å². The van der Waals surface area contributed by atoms with Gasteiger partial charge in [0, 0.05) is 11.0 Å². The van der Waals surface area contributed by atoms with Crippen LogP contribution in [-0.2, 0) is 6.42 Å². The Hall–Kier alpha value is -2.09. The zero-order chi connectivity index (χ0) is 14.4. The molecule has 2 aromatic rings. The number of methoxy groups -OCH3 is 1. The molecular formula is C19H18O2. The number of rotatable bonds is 2. The Morgan fingerprint density at radius 2 is 1.86 bits per heavy atom. The second-order valence-electron chi connectivity index (χ2n) is 6.17. The molecule has 1 fully saturated rings. The van der Waals surface area contributed by atoms with E-state index in [4.69, 9.17) is 4.74 Å².